The maximum absolute atomic E-state index is 11.8. The van der Waals surface area contributed by atoms with Gasteiger partial charge in [-0.25, -0.2) is 0 Å². The van der Waals surface area contributed by atoms with Crippen LogP contribution in [0.3, 0.4) is 0 Å². The SMILES string of the molecule is CC(=O)n1ccc2cccc(B3OC(C)(C)C(C)(C)O3)c21. The fraction of sp³-hybridized carbons (Fsp3) is 0.438. The van der Waals surface area contributed by atoms with Gasteiger partial charge in [0.2, 0.25) is 5.91 Å². The van der Waals surface area contributed by atoms with E-state index in [1.54, 1.807) is 17.7 Å². The van der Waals surface area contributed by atoms with Gasteiger partial charge >= 0.3 is 7.12 Å². The molecule has 1 saturated heterocycles. The van der Waals surface area contributed by atoms with Gasteiger partial charge in [-0.3, -0.25) is 9.36 Å². The Morgan fingerprint density at radius 3 is 2.29 bits per heavy atom. The molecule has 2 aromatic rings. The molecule has 0 saturated carbocycles. The minimum Gasteiger partial charge on any atom is -0.399 e. The van der Waals surface area contributed by atoms with Crippen LogP contribution in [0.1, 0.15) is 39.4 Å². The van der Waals surface area contributed by atoms with Crippen LogP contribution in [-0.2, 0) is 9.31 Å². The van der Waals surface area contributed by atoms with Crippen molar-refractivity contribution >= 4 is 29.4 Å². The molecule has 0 N–H and O–H groups in total. The number of hydrogen-bond acceptors (Lipinski definition) is 3. The molecule has 1 aliphatic heterocycles. The fourth-order valence-corrected chi connectivity index (χ4v) is 2.64. The fourth-order valence-electron chi connectivity index (χ4n) is 2.64. The van der Waals surface area contributed by atoms with Crippen LogP contribution in [-0.4, -0.2) is 28.8 Å². The molecule has 0 aliphatic carbocycles. The van der Waals surface area contributed by atoms with Gasteiger partial charge in [0.25, 0.3) is 0 Å². The normalized spacial score (nSPS) is 20.1. The summed E-state index contributed by atoms with van der Waals surface area (Å²) >= 11 is 0. The van der Waals surface area contributed by atoms with Crippen LogP contribution in [0, 0.1) is 0 Å². The highest BCUT2D eigenvalue weighted by atomic mass is 16.7. The number of fused-ring (bicyclic) bond motifs is 1. The van der Waals surface area contributed by atoms with Gasteiger partial charge in [0.1, 0.15) is 0 Å². The molecule has 4 nitrogen and oxygen atoms in total. The van der Waals surface area contributed by atoms with Crippen LogP contribution in [0.4, 0.5) is 0 Å². The number of hydrogen-bond donors (Lipinski definition) is 0. The Kier molecular flexibility index (Phi) is 3.04. The number of nitrogens with zero attached hydrogens (tertiary/aromatic N) is 1. The molecule has 1 aliphatic rings. The van der Waals surface area contributed by atoms with Crippen molar-refractivity contribution in [1.82, 2.24) is 4.57 Å². The van der Waals surface area contributed by atoms with Crippen molar-refractivity contribution in [3.63, 3.8) is 0 Å². The zero-order valence-electron chi connectivity index (χ0n) is 13.1. The Hall–Kier alpha value is -1.59. The zero-order valence-corrected chi connectivity index (χ0v) is 13.1. The maximum Gasteiger partial charge on any atom is 0.497 e. The molecule has 0 unspecified atom stereocenters. The van der Waals surface area contributed by atoms with Crippen LogP contribution in [0.5, 0.6) is 0 Å². The van der Waals surface area contributed by atoms with E-state index in [1.807, 2.05) is 52.0 Å². The number of benzene rings is 1. The van der Waals surface area contributed by atoms with Gasteiger partial charge in [0.15, 0.2) is 0 Å². The highest BCUT2D eigenvalue weighted by molar-refractivity contribution is 6.65. The van der Waals surface area contributed by atoms with E-state index in [4.69, 9.17) is 9.31 Å². The Bertz CT molecular complexity index is 701. The number of carbonyl (C=O) groups is 1. The lowest BCUT2D eigenvalue weighted by molar-refractivity contribution is 0.00578. The molecular formula is C16H20BNO3. The van der Waals surface area contributed by atoms with E-state index in [9.17, 15) is 4.79 Å². The third kappa shape index (κ3) is 2.12. The first-order valence-corrected chi connectivity index (χ1v) is 7.19. The van der Waals surface area contributed by atoms with Crippen molar-refractivity contribution in [2.45, 2.75) is 45.8 Å². The summed E-state index contributed by atoms with van der Waals surface area (Å²) in [6.07, 6.45) is 1.79. The second kappa shape index (κ2) is 4.45. The molecule has 21 heavy (non-hydrogen) atoms. The average molecular weight is 285 g/mol. The zero-order chi connectivity index (χ0) is 15.4. The quantitative estimate of drug-likeness (QED) is 0.756. The number of carbonyl (C=O) groups excluding carboxylic acids is 1. The van der Waals surface area contributed by atoms with Crippen molar-refractivity contribution in [2.24, 2.45) is 0 Å². The van der Waals surface area contributed by atoms with Crippen LogP contribution < -0.4 is 5.46 Å². The largest absolute Gasteiger partial charge is 0.497 e. The van der Waals surface area contributed by atoms with Gasteiger partial charge in [0.05, 0.1) is 16.7 Å². The maximum atomic E-state index is 11.8. The van der Waals surface area contributed by atoms with E-state index in [-0.39, 0.29) is 5.91 Å². The third-order valence-electron chi connectivity index (χ3n) is 4.59. The number of aromatic nitrogens is 1. The van der Waals surface area contributed by atoms with E-state index >= 15 is 0 Å². The molecule has 0 bridgehead atoms. The van der Waals surface area contributed by atoms with E-state index < -0.39 is 18.3 Å². The first-order valence-electron chi connectivity index (χ1n) is 7.19. The van der Waals surface area contributed by atoms with Crippen LogP contribution in [0.25, 0.3) is 10.9 Å². The van der Waals surface area contributed by atoms with Crippen LogP contribution in [0.2, 0.25) is 0 Å². The predicted octanol–water partition coefficient (Wildman–Crippen LogP) is 2.60. The van der Waals surface area contributed by atoms with Gasteiger partial charge in [-0.15, -0.1) is 0 Å². The second-order valence-corrected chi connectivity index (χ2v) is 6.58. The summed E-state index contributed by atoms with van der Waals surface area (Å²) in [4.78, 5) is 11.8. The Morgan fingerprint density at radius 2 is 1.71 bits per heavy atom. The predicted molar refractivity (Wildman–Crippen MR) is 84.0 cm³/mol. The van der Waals surface area contributed by atoms with E-state index in [0.717, 1.165) is 16.4 Å². The molecule has 0 radical (unpaired) electrons. The molecule has 1 aromatic carbocycles. The summed E-state index contributed by atoms with van der Waals surface area (Å²) in [5.41, 5.74) is 0.968. The molecule has 110 valence electrons. The standard InChI is InChI=1S/C16H20BNO3/c1-11(19)18-10-9-12-7-6-8-13(14(12)18)17-20-15(2,3)16(4,5)21-17/h6-10H,1-5H3. The van der Waals surface area contributed by atoms with Crippen LogP contribution in [0.15, 0.2) is 30.5 Å². The molecule has 0 spiro atoms. The Labute approximate surface area is 125 Å². The molecule has 3 rings (SSSR count). The Balaban J connectivity index is 2.14. The molecule has 1 fully saturated rings. The van der Waals surface area contributed by atoms with E-state index in [0.29, 0.717) is 0 Å². The lowest BCUT2D eigenvalue weighted by atomic mass is 9.78. The van der Waals surface area contributed by atoms with Crippen molar-refractivity contribution in [2.75, 3.05) is 0 Å². The van der Waals surface area contributed by atoms with Gasteiger partial charge < -0.3 is 9.31 Å². The summed E-state index contributed by atoms with van der Waals surface area (Å²) in [7, 11) is -0.466. The molecule has 2 heterocycles. The van der Waals surface area contributed by atoms with Crippen LogP contribution >= 0.6 is 0 Å². The summed E-state index contributed by atoms with van der Waals surface area (Å²) in [5.74, 6) is -0.0195. The highest BCUT2D eigenvalue weighted by Gasteiger charge is 2.52. The summed E-state index contributed by atoms with van der Waals surface area (Å²) < 4.78 is 13.9. The molecule has 0 atom stereocenters. The summed E-state index contributed by atoms with van der Waals surface area (Å²) in [5, 5.41) is 1.01. The van der Waals surface area contributed by atoms with Gasteiger partial charge in [-0.1, -0.05) is 18.2 Å². The van der Waals surface area contributed by atoms with E-state index in [2.05, 4.69) is 0 Å². The number of rotatable bonds is 1. The number of para-hydroxylation sites is 1. The summed E-state index contributed by atoms with van der Waals surface area (Å²) in [6.45, 7) is 9.66. The van der Waals surface area contributed by atoms with Crippen molar-refractivity contribution in [1.29, 1.82) is 0 Å². The van der Waals surface area contributed by atoms with Crippen molar-refractivity contribution in [3.05, 3.63) is 30.5 Å². The van der Waals surface area contributed by atoms with Crippen molar-refractivity contribution < 1.29 is 14.1 Å². The monoisotopic (exact) mass is 285 g/mol. The highest BCUT2D eigenvalue weighted by Crippen LogP contribution is 2.37. The molecular weight excluding hydrogens is 265 g/mol. The summed E-state index contributed by atoms with van der Waals surface area (Å²) in [6, 6.07) is 7.85. The molecule has 0 amide bonds. The van der Waals surface area contributed by atoms with Crippen molar-refractivity contribution in [3.8, 4) is 0 Å². The third-order valence-corrected chi connectivity index (χ3v) is 4.59. The van der Waals surface area contributed by atoms with E-state index in [1.165, 1.54) is 0 Å². The average Bonchev–Trinajstić information content (AvgIpc) is 2.88. The van der Waals surface area contributed by atoms with Gasteiger partial charge in [-0.2, -0.15) is 0 Å². The first-order chi connectivity index (χ1) is 9.73. The molecule has 5 heteroatoms. The minimum atomic E-state index is -0.466. The smallest absolute Gasteiger partial charge is 0.399 e. The second-order valence-electron chi connectivity index (χ2n) is 6.58. The molecule has 1 aromatic heterocycles. The Morgan fingerprint density at radius 1 is 1.10 bits per heavy atom. The van der Waals surface area contributed by atoms with Gasteiger partial charge in [0, 0.05) is 18.6 Å². The minimum absolute atomic E-state index is 0.0195. The first kappa shape index (κ1) is 14.4. The topological polar surface area (TPSA) is 40.5 Å². The lowest BCUT2D eigenvalue weighted by Gasteiger charge is -2.32. The van der Waals surface area contributed by atoms with Gasteiger partial charge in [-0.05, 0) is 39.1 Å². The lowest BCUT2D eigenvalue weighted by Crippen LogP contribution is -2.41.